The number of piperidine rings is 1. The molecule has 0 spiro atoms. The fourth-order valence-electron chi connectivity index (χ4n) is 4.51. The third-order valence-electron chi connectivity index (χ3n) is 6.21. The predicted molar refractivity (Wildman–Crippen MR) is 108 cm³/mol. The number of nitrogens with zero attached hydrogens (tertiary/aromatic N) is 2. The molecule has 0 saturated carbocycles. The summed E-state index contributed by atoms with van der Waals surface area (Å²) in [5, 5.41) is 3.60. The van der Waals surface area contributed by atoms with Crippen molar-refractivity contribution in [1.82, 2.24) is 10.2 Å². The lowest BCUT2D eigenvalue weighted by Gasteiger charge is -2.36. The standard InChI is InChI=1S/C22H33N3O2/c1-23-22(24-15-18-14-17-6-2-3-8-21(17)18)25-11-9-19(10-12-25)27-16-20-7-4-5-13-26-20/h2-3,6,8,18-20H,4-5,7,9-16H2,1H3,(H,23,24). The Bertz CT molecular complexity index is 634. The lowest BCUT2D eigenvalue weighted by molar-refractivity contribution is -0.0721. The van der Waals surface area contributed by atoms with Gasteiger partial charge in [-0.1, -0.05) is 24.3 Å². The summed E-state index contributed by atoms with van der Waals surface area (Å²) in [4.78, 5) is 6.89. The van der Waals surface area contributed by atoms with Crippen LogP contribution in [0.2, 0.25) is 0 Å². The van der Waals surface area contributed by atoms with E-state index in [-0.39, 0.29) is 0 Å². The SMILES string of the molecule is CN=C(NCC1Cc2ccccc21)N1CCC(OCC2CCCCO2)CC1. The summed E-state index contributed by atoms with van der Waals surface area (Å²) in [7, 11) is 1.89. The zero-order valence-electron chi connectivity index (χ0n) is 16.5. The minimum Gasteiger partial charge on any atom is -0.376 e. The van der Waals surface area contributed by atoms with E-state index in [1.54, 1.807) is 0 Å². The molecule has 2 fully saturated rings. The summed E-state index contributed by atoms with van der Waals surface area (Å²) in [6, 6.07) is 8.77. The monoisotopic (exact) mass is 371 g/mol. The number of hydrogen-bond acceptors (Lipinski definition) is 3. The Morgan fingerprint density at radius 1 is 1.22 bits per heavy atom. The van der Waals surface area contributed by atoms with Crippen LogP contribution in [0.15, 0.2) is 29.3 Å². The van der Waals surface area contributed by atoms with Gasteiger partial charge in [0.05, 0.1) is 18.8 Å². The third kappa shape index (κ3) is 4.64. The van der Waals surface area contributed by atoms with Crippen LogP contribution in [0.4, 0.5) is 0 Å². The Balaban J connectivity index is 1.18. The molecular weight excluding hydrogens is 338 g/mol. The van der Waals surface area contributed by atoms with Crippen LogP contribution in [-0.4, -0.2) is 63.0 Å². The third-order valence-corrected chi connectivity index (χ3v) is 6.21. The van der Waals surface area contributed by atoms with Crippen LogP contribution in [0.5, 0.6) is 0 Å². The van der Waals surface area contributed by atoms with Crippen LogP contribution in [0.25, 0.3) is 0 Å². The molecule has 2 saturated heterocycles. The molecule has 4 rings (SSSR count). The molecule has 0 aromatic heterocycles. The van der Waals surface area contributed by atoms with Crippen molar-refractivity contribution < 1.29 is 9.47 Å². The molecule has 2 unspecified atom stereocenters. The first kappa shape index (κ1) is 18.8. The van der Waals surface area contributed by atoms with Crippen LogP contribution in [0.3, 0.4) is 0 Å². The molecule has 3 aliphatic rings. The molecule has 1 aromatic carbocycles. The number of hydrogen-bond donors (Lipinski definition) is 1. The number of nitrogens with one attached hydrogen (secondary N) is 1. The molecule has 2 heterocycles. The topological polar surface area (TPSA) is 46.1 Å². The van der Waals surface area contributed by atoms with Gasteiger partial charge in [0.2, 0.25) is 0 Å². The van der Waals surface area contributed by atoms with Crippen molar-refractivity contribution in [2.75, 3.05) is 39.9 Å². The van der Waals surface area contributed by atoms with Crippen LogP contribution < -0.4 is 5.32 Å². The molecule has 1 N–H and O–H groups in total. The molecule has 1 aromatic rings. The van der Waals surface area contributed by atoms with Gasteiger partial charge >= 0.3 is 0 Å². The fourth-order valence-corrected chi connectivity index (χ4v) is 4.51. The second kappa shape index (κ2) is 9.07. The van der Waals surface area contributed by atoms with Gasteiger partial charge in [0.15, 0.2) is 5.96 Å². The van der Waals surface area contributed by atoms with Gasteiger partial charge in [-0.15, -0.1) is 0 Å². The van der Waals surface area contributed by atoms with Gasteiger partial charge in [0.1, 0.15) is 0 Å². The van der Waals surface area contributed by atoms with E-state index in [4.69, 9.17) is 9.47 Å². The highest BCUT2D eigenvalue weighted by atomic mass is 16.5. The Morgan fingerprint density at radius 2 is 2.07 bits per heavy atom. The Labute approximate surface area is 163 Å². The Hall–Kier alpha value is -1.59. The number of likely N-dealkylation sites (tertiary alicyclic amines) is 1. The predicted octanol–water partition coefficient (Wildman–Crippen LogP) is 2.95. The Kier molecular flexibility index (Phi) is 6.30. The molecule has 2 aliphatic heterocycles. The zero-order valence-corrected chi connectivity index (χ0v) is 16.5. The van der Waals surface area contributed by atoms with E-state index in [0.717, 1.165) is 58.1 Å². The summed E-state index contributed by atoms with van der Waals surface area (Å²) >= 11 is 0. The minimum atomic E-state index is 0.316. The summed E-state index contributed by atoms with van der Waals surface area (Å²) in [6.07, 6.45) is 7.63. The summed E-state index contributed by atoms with van der Waals surface area (Å²) in [5.74, 6) is 1.66. The number of aliphatic imine (C=N–C) groups is 1. The van der Waals surface area contributed by atoms with E-state index < -0.39 is 0 Å². The molecule has 0 bridgehead atoms. The highest BCUT2D eigenvalue weighted by Gasteiger charge is 2.27. The average Bonchev–Trinajstić information content (AvgIpc) is 2.71. The zero-order chi connectivity index (χ0) is 18.5. The lowest BCUT2D eigenvalue weighted by atomic mass is 9.78. The Morgan fingerprint density at radius 3 is 2.81 bits per heavy atom. The van der Waals surface area contributed by atoms with Gasteiger partial charge in [-0.05, 0) is 49.7 Å². The van der Waals surface area contributed by atoms with Crippen molar-refractivity contribution in [2.45, 2.75) is 56.7 Å². The van der Waals surface area contributed by atoms with Crippen molar-refractivity contribution in [1.29, 1.82) is 0 Å². The van der Waals surface area contributed by atoms with Crippen LogP contribution >= 0.6 is 0 Å². The maximum absolute atomic E-state index is 6.14. The second-order valence-corrected chi connectivity index (χ2v) is 8.04. The van der Waals surface area contributed by atoms with Crippen LogP contribution in [-0.2, 0) is 15.9 Å². The van der Waals surface area contributed by atoms with Gasteiger partial charge in [0, 0.05) is 39.2 Å². The maximum Gasteiger partial charge on any atom is 0.193 e. The number of benzene rings is 1. The molecule has 148 valence electrons. The van der Waals surface area contributed by atoms with Gasteiger partial charge in [-0.3, -0.25) is 4.99 Å². The highest BCUT2D eigenvalue weighted by Crippen LogP contribution is 2.34. The van der Waals surface area contributed by atoms with Crippen LogP contribution in [0.1, 0.15) is 49.1 Å². The van der Waals surface area contributed by atoms with Crippen molar-refractivity contribution in [3.8, 4) is 0 Å². The van der Waals surface area contributed by atoms with E-state index in [9.17, 15) is 0 Å². The first-order chi connectivity index (χ1) is 13.3. The number of ether oxygens (including phenoxy) is 2. The van der Waals surface area contributed by atoms with Gasteiger partial charge in [-0.25, -0.2) is 0 Å². The molecule has 5 heteroatoms. The van der Waals surface area contributed by atoms with Crippen molar-refractivity contribution in [3.63, 3.8) is 0 Å². The molecule has 0 amide bonds. The minimum absolute atomic E-state index is 0.316. The summed E-state index contributed by atoms with van der Waals surface area (Å²) in [6.45, 7) is 4.66. The van der Waals surface area contributed by atoms with E-state index in [1.165, 1.54) is 30.4 Å². The van der Waals surface area contributed by atoms with E-state index in [2.05, 4.69) is 39.5 Å². The molecule has 0 radical (unpaired) electrons. The molecule has 5 nitrogen and oxygen atoms in total. The average molecular weight is 372 g/mol. The van der Waals surface area contributed by atoms with E-state index in [0.29, 0.717) is 18.1 Å². The largest absolute Gasteiger partial charge is 0.376 e. The van der Waals surface area contributed by atoms with Crippen molar-refractivity contribution >= 4 is 5.96 Å². The van der Waals surface area contributed by atoms with Crippen molar-refractivity contribution in [3.05, 3.63) is 35.4 Å². The normalized spacial score (nSPS) is 26.4. The quantitative estimate of drug-likeness (QED) is 0.639. The lowest BCUT2D eigenvalue weighted by Crippen LogP contribution is -2.48. The maximum atomic E-state index is 6.14. The van der Waals surface area contributed by atoms with Gasteiger partial charge in [0.25, 0.3) is 0 Å². The summed E-state index contributed by atoms with van der Waals surface area (Å²) < 4.78 is 11.9. The first-order valence-electron chi connectivity index (χ1n) is 10.6. The number of rotatable bonds is 5. The van der Waals surface area contributed by atoms with Gasteiger partial charge < -0.3 is 19.7 Å². The molecule has 27 heavy (non-hydrogen) atoms. The highest BCUT2D eigenvalue weighted by molar-refractivity contribution is 5.80. The summed E-state index contributed by atoms with van der Waals surface area (Å²) in [5.41, 5.74) is 3.00. The first-order valence-corrected chi connectivity index (χ1v) is 10.6. The molecule has 2 atom stereocenters. The van der Waals surface area contributed by atoms with E-state index >= 15 is 0 Å². The second-order valence-electron chi connectivity index (χ2n) is 8.04. The fraction of sp³-hybridized carbons (Fsp3) is 0.682. The number of fused-ring (bicyclic) bond motifs is 1. The number of guanidine groups is 1. The van der Waals surface area contributed by atoms with E-state index in [1.807, 2.05) is 7.05 Å². The van der Waals surface area contributed by atoms with Crippen LogP contribution in [0, 0.1) is 0 Å². The molecular formula is C22H33N3O2. The smallest absolute Gasteiger partial charge is 0.193 e. The van der Waals surface area contributed by atoms with Crippen molar-refractivity contribution in [2.24, 2.45) is 4.99 Å². The van der Waals surface area contributed by atoms with Gasteiger partial charge in [-0.2, -0.15) is 0 Å². The molecule has 1 aliphatic carbocycles.